The lowest BCUT2D eigenvalue weighted by Gasteiger charge is -1.99. The summed E-state index contributed by atoms with van der Waals surface area (Å²) in [6.45, 7) is 2.66. The molecule has 1 fully saturated rings. The van der Waals surface area contributed by atoms with E-state index in [1.165, 1.54) is 0 Å². The molecule has 0 spiro atoms. The predicted octanol–water partition coefficient (Wildman–Crippen LogP) is -0.845. The summed E-state index contributed by atoms with van der Waals surface area (Å²) in [4.78, 5) is 21.7. The van der Waals surface area contributed by atoms with Crippen LogP contribution in [0.25, 0.3) is 0 Å². The fourth-order valence-electron chi connectivity index (χ4n) is 1.02. The van der Waals surface area contributed by atoms with Crippen LogP contribution in [0.3, 0.4) is 0 Å². The summed E-state index contributed by atoms with van der Waals surface area (Å²) >= 11 is 0. The Morgan fingerprint density at radius 3 is 2.62 bits per heavy atom. The van der Waals surface area contributed by atoms with Crippen LogP contribution >= 0.6 is 0 Å². The average Bonchev–Trinajstić information content (AvgIpc) is 2.83. The Morgan fingerprint density at radius 1 is 1.46 bits per heavy atom. The van der Waals surface area contributed by atoms with Crippen molar-refractivity contribution < 1.29 is 14.3 Å². The monoisotopic (exact) mass is 186 g/mol. The first-order valence-corrected chi connectivity index (χ1v) is 4.39. The molecule has 13 heavy (non-hydrogen) atoms. The van der Waals surface area contributed by atoms with Crippen LogP contribution in [0.15, 0.2) is 0 Å². The van der Waals surface area contributed by atoms with Gasteiger partial charge in [-0.25, -0.2) is 0 Å². The molecule has 2 amide bonds. The van der Waals surface area contributed by atoms with Gasteiger partial charge in [0.05, 0.1) is 0 Å². The molecule has 0 aromatic rings. The number of nitrogens with one attached hydrogen (secondary N) is 1. The van der Waals surface area contributed by atoms with E-state index in [1.54, 1.807) is 0 Å². The van der Waals surface area contributed by atoms with Gasteiger partial charge in [0.1, 0.15) is 0 Å². The van der Waals surface area contributed by atoms with E-state index in [4.69, 9.17) is 10.5 Å². The maximum atomic E-state index is 11.2. The van der Waals surface area contributed by atoms with Crippen molar-refractivity contribution in [2.24, 2.45) is 5.73 Å². The smallest absolute Gasteiger partial charge is 0.252 e. The highest BCUT2D eigenvalue weighted by Crippen LogP contribution is 2.21. The molecule has 74 valence electrons. The zero-order valence-corrected chi connectivity index (χ0v) is 7.58. The van der Waals surface area contributed by atoms with Crippen molar-refractivity contribution in [2.75, 3.05) is 6.54 Å². The van der Waals surface area contributed by atoms with Gasteiger partial charge in [0.2, 0.25) is 5.91 Å². The highest BCUT2D eigenvalue weighted by atomic mass is 16.6. The Bertz CT molecular complexity index is 217. The van der Waals surface area contributed by atoms with Crippen LogP contribution in [-0.2, 0) is 14.3 Å². The number of carbonyl (C=O) groups excluding carboxylic acids is 2. The van der Waals surface area contributed by atoms with Gasteiger partial charge in [-0.3, -0.25) is 9.59 Å². The minimum atomic E-state index is -0.707. The third-order valence-corrected chi connectivity index (χ3v) is 1.86. The molecule has 1 saturated heterocycles. The lowest BCUT2D eigenvalue weighted by molar-refractivity contribution is -0.123. The predicted molar refractivity (Wildman–Crippen MR) is 45.8 cm³/mol. The molecule has 0 saturated carbocycles. The lowest BCUT2D eigenvalue weighted by atomic mass is 10.3. The zero-order valence-electron chi connectivity index (χ0n) is 7.58. The molecule has 2 unspecified atom stereocenters. The van der Waals surface area contributed by atoms with Crippen LogP contribution in [0, 0.1) is 0 Å². The van der Waals surface area contributed by atoms with Gasteiger partial charge in [-0.1, -0.05) is 13.3 Å². The van der Waals surface area contributed by atoms with Crippen LogP contribution in [0.4, 0.5) is 0 Å². The van der Waals surface area contributed by atoms with Crippen LogP contribution in [0.1, 0.15) is 19.8 Å². The normalized spacial score (nSPS) is 25.3. The van der Waals surface area contributed by atoms with Crippen molar-refractivity contribution in [3.63, 3.8) is 0 Å². The molecule has 0 bridgehead atoms. The third-order valence-electron chi connectivity index (χ3n) is 1.86. The van der Waals surface area contributed by atoms with Gasteiger partial charge < -0.3 is 15.8 Å². The van der Waals surface area contributed by atoms with Crippen molar-refractivity contribution in [3.05, 3.63) is 0 Å². The Kier molecular flexibility index (Phi) is 3.25. The van der Waals surface area contributed by atoms with E-state index in [0.717, 1.165) is 12.8 Å². The topological polar surface area (TPSA) is 84.7 Å². The van der Waals surface area contributed by atoms with E-state index in [9.17, 15) is 9.59 Å². The number of hydrogen-bond acceptors (Lipinski definition) is 3. The molecule has 1 aliphatic heterocycles. The summed E-state index contributed by atoms with van der Waals surface area (Å²) in [5, 5.41) is 2.66. The zero-order chi connectivity index (χ0) is 9.84. The highest BCUT2D eigenvalue weighted by Gasteiger charge is 2.49. The largest absolute Gasteiger partial charge is 0.367 e. The number of rotatable bonds is 5. The van der Waals surface area contributed by atoms with Crippen molar-refractivity contribution in [3.8, 4) is 0 Å². The van der Waals surface area contributed by atoms with Gasteiger partial charge in [-0.2, -0.15) is 0 Å². The highest BCUT2D eigenvalue weighted by molar-refractivity contribution is 5.94. The second-order valence-electron chi connectivity index (χ2n) is 3.02. The molecule has 1 rings (SSSR count). The van der Waals surface area contributed by atoms with Crippen LogP contribution < -0.4 is 11.1 Å². The van der Waals surface area contributed by atoms with E-state index in [1.807, 2.05) is 6.92 Å². The van der Waals surface area contributed by atoms with E-state index in [-0.39, 0.29) is 5.91 Å². The summed E-state index contributed by atoms with van der Waals surface area (Å²) in [7, 11) is 0. The van der Waals surface area contributed by atoms with Crippen molar-refractivity contribution >= 4 is 11.8 Å². The number of epoxide rings is 1. The quantitative estimate of drug-likeness (QED) is 0.433. The molecule has 3 N–H and O–H groups in total. The molecule has 0 aromatic heterocycles. The molecule has 0 aliphatic carbocycles. The molecule has 5 nitrogen and oxygen atoms in total. The molecular weight excluding hydrogens is 172 g/mol. The first-order valence-electron chi connectivity index (χ1n) is 4.39. The number of carbonyl (C=O) groups is 2. The fraction of sp³-hybridized carbons (Fsp3) is 0.750. The van der Waals surface area contributed by atoms with E-state index in [2.05, 4.69) is 5.32 Å². The van der Waals surface area contributed by atoms with Crippen LogP contribution in [0.5, 0.6) is 0 Å². The second kappa shape index (κ2) is 4.23. The molecule has 2 atom stereocenters. The summed E-state index contributed by atoms with van der Waals surface area (Å²) in [6, 6.07) is 0. The first-order chi connectivity index (χ1) is 6.16. The second-order valence-corrected chi connectivity index (χ2v) is 3.02. The summed E-state index contributed by atoms with van der Waals surface area (Å²) in [5.41, 5.74) is 4.94. The van der Waals surface area contributed by atoms with Crippen LogP contribution in [-0.4, -0.2) is 30.6 Å². The molecular formula is C8H14N2O3. The van der Waals surface area contributed by atoms with Gasteiger partial charge in [0, 0.05) is 6.54 Å². The minimum absolute atomic E-state index is 0.239. The maximum absolute atomic E-state index is 11.2. The molecule has 0 radical (unpaired) electrons. The van der Waals surface area contributed by atoms with Crippen molar-refractivity contribution in [1.29, 1.82) is 0 Å². The van der Waals surface area contributed by atoms with Crippen molar-refractivity contribution in [2.45, 2.75) is 32.0 Å². The SMILES string of the molecule is CCCCNC(=O)C1OC1C(N)=O. The Labute approximate surface area is 76.6 Å². The average molecular weight is 186 g/mol. The Balaban J connectivity index is 2.16. The number of hydrogen-bond donors (Lipinski definition) is 2. The van der Waals surface area contributed by atoms with Gasteiger partial charge in [-0.05, 0) is 6.42 Å². The molecule has 0 aromatic carbocycles. The first kappa shape index (κ1) is 9.98. The number of ether oxygens (including phenoxy) is 1. The van der Waals surface area contributed by atoms with Crippen LogP contribution in [0.2, 0.25) is 0 Å². The minimum Gasteiger partial charge on any atom is -0.367 e. The summed E-state index contributed by atoms with van der Waals surface area (Å²) < 4.78 is 4.78. The van der Waals surface area contributed by atoms with E-state index in [0.29, 0.717) is 6.54 Å². The third kappa shape index (κ3) is 2.69. The fourth-order valence-corrected chi connectivity index (χ4v) is 1.02. The maximum Gasteiger partial charge on any atom is 0.252 e. The molecule has 1 aliphatic rings. The van der Waals surface area contributed by atoms with E-state index < -0.39 is 18.1 Å². The summed E-state index contributed by atoms with van der Waals surface area (Å²) in [6.07, 6.45) is 0.598. The number of unbranched alkanes of at least 4 members (excludes halogenated alkanes) is 1. The van der Waals surface area contributed by atoms with Gasteiger partial charge in [-0.15, -0.1) is 0 Å². The molecule has 1 heterocycles. The standard InChI is InChI=1S/C8H14N2O3/c1-2-3-4-10-8(12)6-5(13-6)7(9)11/h5-6H,2-4H2,1H3,(H2,9,11)(H,10,12). The van der Waals surface area contributed by atoms with E-state index >= 15 is 0 Å². The number of nitrogens with two attached hydrogens (primary N) is 1. The number of amides is 2. The Hall–Kier alpha value is -1.10. The van der Waals surface area contributed by atoms with Gasteiger partial charge in [0.15, 0.2) is 12.2 Å². The van der Waals surface area contributed by atoms with Gasteiger partial charge in [0.25, 0.3) is 5.91 Å². The van der Waals surface area contributed by atoms with Gasteiger partial charge >= 0.3 is 0 Å². The molecule has 5 heteroatoms. The summed E-state index contributed by atoms with van der Waals surface area (Å²) in [5.74, 6) is -0.812. The lowest BCUT2D eigenvalue weighted by Crippen LogP contribution is -2.32. The number of primary amides is 1. The Morgan fingerprint density at radius 2 is 2.15 bits per heavy atom. The van der Waals surface area contributed by atoms with Crippen molar-refractivity contribution in [1.82, 2.24) is 5.32 Å².